The number of amides is 1. The average Bonchev–Trinajstić information content (AvgIpc) is 2.35. The van der Waals surface area contributed by atoms with Crippen molar-refractivity contribution in [3.63, 3.8) is 0 Å². The minimum atomic E-state index is -0.681. The Bertz CT molecular complexity index is 434. The number of carbonyl (C=O) groups is 1. The first kappa shape index (κ1) is 13.2. The standard InChI is InChI=1S/C13H18ClN3O/c1-9-8-16-7-6-13(9,12(15)18)17-11-4-2-10(14)3-5-11/h2-5,9,16-17H,6-8H2,1H3,(H2,15,18). The van der Waals surface area contributed by atoms with E-state index in [1.807, 2.05) is 19.1 Å². The minimum absolute atomic E-state index is 0.138. The van der Waals surface area contributed by atoms with Crippen LogP contribution in [0, 0.1) is 5.92 Å². The first-order valence-corrected chi connectivity index (χ1v) is 6.47. The van der Waals surface area contributed by atoms with Gasteiger partial charge in [-0.25, -0.2) is 0 Å². The highest BCUT2D eigenvalue weighted by Gasteiger charge is 2.43. The first-order valence-electron chi connectivity index (χ1n) is 6.09. The monoisotopic (exact) mass is 267 g/mol. The molecule has 0 saturated carbocycles. The van der Waals surface area contributed by atoms with Gasteiger partial charge in [0, 0.05) is 23.2 Å². The number of anilines is 1. The maximum atomic E-state index is 11.9. The summed E-state index contributed by atoms with van der Waals surface area (Å²) in [5.74, 6) is -0.161. The van der Waals surface area contributed by atoms with Crippen LogP contribution >= 0.6 is 11.6 Å². The van der Waals surface area contributed by atoms with Crippen LogP contribution in [0.4, 0.5) is 5.69 Å². The second-order valence-corrected chi connectivity index (χ2v) is 5.26. The smallest absolute Gasteiger partial charge is 0.243 e. The Morgan fingerprint density at radius 1 is 1.50 bits per heavy atom. The topological polar surface area (TPSA) is 67.2 Å². The molecule has 1 amide bonds. The predicted molar refractivity (Wildman–Crippen MR) is 73.7 cm³/mol. The number of hydrogen-bond acceptors (Lipinski definition) is 3. The van der Waals surface area contributed by atoms with E-state index in [1.165, 1.54) is 0 Å². The molecule has 0 spiro atoms. The molecule has 1 fully saturated rings. The molecule has 18 heavy (non-hydrogen) atoms. The van der Waals surface area contributed by atoms with Crippen molar-refractivity contribution in [2.24, 2.45) is 11.7 Å². The van der Waals surface area contributed by atoms with Crippen molar-refractivity contribution >= 4 is 23.2 Å². The number of primary amides is 1. The Balaban J connectivity index is 2.25. The van der Waals surface area contributed by atoms with Crippen LogP contribution in [0.3, 0.4) is 0 Å². The summed E-state index contributed by atoms with van der Waals surface area (Å²) in [5.41, 5.74) is 5.80. The van der Waals surface area contributed by atoms with Crippen LogP contribution in [0.2, 0.25) is 5.02 Å². The number of halogens is 1. The molecule has 2 atom stereocenters. The van der Waals surface area contributed by atoms with Crippen molar-refractivity contribution in [2.75, 3.05) is 18.4 Å². The van der Waals surface area contributed by atoms with Gasteiger partial charge < -0.3 is 16.4 Å². The van der Waals surface area contributed by atoms with Gasteiger partial charge in [-0.1, -0.05) is 18.5 Å². The van der Waals surface area contributed by atoms with Crippen LogP contribution in [0.25, 0.3) is 0 Å². The Kier molecular flexibility index (Phi) is 3.78. The maximum absolute atomic E-state index is 11.9. The van der Waals surface area contributed by atoms with E-state index >= 15 is 0 Å². The van der Waals surface area contributed by atoms with Crippen molar-refractivity contribution in [1.29, 1.82) is 0 Å². The fourth-order valence-electron chi connectivity index (χ4n) is 2.43. The van der Waals surface area contributed by atoms with Crippen LogP contribution in [-0.4, -0.2) is 24.5 Å². The third kappa shape index (κ3) is 2.44. The number of nitrogens with two attached hydrogens (primary N) is 1. The lowest BCUT2D eigenvalue weighted by molar-refractivity contribution is -0.124. The van der Waals surface area contributed by atoms with Gasteiger partial charge in [0.2, 0.25) is 5.91 Å². The van der Waals surface area contributed by atoms with E-state index in [0.717, 1.165) is 18.8 Å². The fraction of sp³-hybridized carbons (Fsp3) is 0.462. The molecular weight excluding hydrogens is 250 g/mol. The van der Waals surface area contributed by atoms with Crippen molar-refractivity contribution in [3.05, 3.63) is 29.3 Å². The highest BCUT2D eigenvalue weighted by atomic mass is 35.5. The van der Waals surface area contributed by atoms with E-state index in [4.69, 9.17) is 17.3 Å². The van der Waals surface area contributed by atoms with Crippen molar-refractivity contribution in [3.8, 4) is 0 Å². The van der Waals surface area contributed by atoms with E-state index in [-0.39, 0.29) is 11.8 Å². The van der Waals surface area contributed by atoms with Gasteiger partial charge in [0.1, 0.15) is 5.54 Å². The van der Waals surface area contributed by atoms with E-state index in [1.54, 1.807) is 12.1 Å². The molecule has 0 aliphatic carbocycles. The first-order chi connectivity index (χ1) is 8.54. The van der Waals surface area contributed by atoms with Crippen molar-refractivity contribution in [2.45, 2.75) is 18.9 Å². The van der Waals surface area contributed by atoms with Gasteiger partial charge in [-0.2, -0.15) is 0 Å². The quantitative estimate of drug-likeness (QED) is 0.779. The van der Waals surface area contributed by atoms with Crippen LogP contribution in [0.15, 0.2) is 24.3 Å². The van der Waals surface area contributed by atoms with E-state index in [2.05, 4.69) is 10.6 Å². The van der Waals surface area contributed by atoms with E-state index in [9.17, 15) is 4.79 Å². The molecule has 4 nitrogen and oxygen atoms in total. The van der Waals surface area contributed by atoms with Crippen molar-refractivity contribution < 1.29 is 4.79 Å². The van der Waals surface area contributed by atoms with Gasteiger partial charge in [0.15, 0.2) is 0 Å². The van der Waals surface area contributed by atoms with E-state index < -0.39 is 5.54 Å². The summed E-state index contributed by atoms with van der Waals surface area (Å²) in [4.78, 5) is 11.9. The van der Waals surface area contributed by atoms with Gasteiger partial charge >= 0.3 is 0 Å². The Hall–Kier alpha value is -1.26. The van der Waals surface area contributed by atoms with Crippen molar-refractivity contribution in [1.82, 2.24) is 5.32 Å². The lowest BCUT2D eigenvalue weighted by Crippen LogP contribution is -2.61. The Labute approximate surface area is 112 Å². The molecule has 0 radical (unpaired) electrons. The number of carbonyl (C=O) groups excluding carboxylic acids is 1. The number of rotatable bonds is 3. The molecule has 98 valence electrons. The molecular formula is C13H18ClN3O. The van der Waals surface area contributed by atoms with Crippen LogP contribution in [0.1, 0.15) is 13.3 Å². The summed E-state index contributed by atoms with van der Waals surface area (Å²) in [7, 11) is 0. The lowest BCUT2D eigenvalue weighted by Gasteiger charge is -2.41. The molecule has 1 heterocycles. The van der Waals surface area contributed by atoms with Gasteiger partial charge in [-0.05, 0) is 37.2 Å². The summed E-state index contributed by atoms with van der Waals surface area (Å²) >= 11 is 5.85. The summed E-state index contributed by atoms with van der Waals surface area (Å²) in [6.07, 6.45) is 0.687. The largest absolute Gasteiger partial charge is 0.371 e. The minimum Gasteiger partial charge on any atom is -0.371 e. The lowest BCUT2D eigenvalue weighted by atomic mass is 9.78. The molecule has 1 aliphatic heterocycles. The van der Waals surface area contributed by atoms with Gasteiger partial charge in [0.05, 0.1) is 0 Å². The molecule has 1 aromatic rings. The average molecular weight is 268 g/mol. The molecule has 1 saturated heterocycles. The summed E-state index contributed by atoms with van der Waals surface area (Å²) in [6, 6.07) is 7.32. The second-order valence-electron chi connectivity index (χ2n) is 4.82. The molecule has 2 rings (SSSR count). The zero-order chi connectivity index (χ0) is 13.2. The molecule has 1 aliphatic rings. The van der Waals surface area contributed by atoms with Gasteiger partial charge in [-0.3, -0.25) is 4.79 Å². The number of piperidine rings is 1. The number of benzene rings is 1. The van der Waals surface area contributed by atoms with Crippen LogP contribution in [0.5, 0.6) is 0 Å². The zero-order valence-corrected chi connectivity index (χ0v) is 11.1. The summed E-state index contributed by atoms with van der Waals surface area (Å²) < 4.78 is 0. The summed E-state index contributed by atoms with van der Waals surface area (Å²) in [5, 5.41) is 7.24. The van der Waals surface area contributed by atoms with Crippen LogP contribution < -0.4 is 16.4 Å². The van der Waals surface area contributed by atoms with Gasteiger partial charge in [-0.15, -0.1) is 0 Å². The molecule has 5 heteroatoms. The zero-order valence-electron chi connectivity index (χ0n) is 10.4. The second kappa shape index (κ2) is 5.16. The van der Waals surface area contributed by atoms with Gasteiger partial charge in [0.25, 0.3) is 0 Å². The molecule has 0 bridgehead atoms. The third-order valence-electron chi connectivity index (χ3n) is 3.64. The molecule has 4 N–H and O–H groups in total. The number of hydrogen-bond donors (Lipinski definition) is 3. The van der Waals surface area contributed by atoms with Crippen LogP contribution in [-0.2, 0) is 4.79 Å². The predicted octanol–water partition coefficient (Wildman–Crippen LogP) is 1.61. The van der Waals surface area contributed by atoms with E-state index in [0.29, 0.717) is 11.4 Å². The maximum Gasteiger partial charge on any atom is 0.243 e. The number of nitrogens with one attached hydrogen (secondary N) is 2. The molecule has 1 aromatic carbocycles. The Morgan fingerprint density at radius 3 is 2.72 bits per heavy atom. The normalized spacial score (nSPS) is 27.8. The highest BCUT2D eigenvalue weighted by molar-refractivity contribution is 6.30. The highest BCUT2D eigenvalue weighted by Crippen LogP contribution is 2.29. The SMILES string of the molecule is CC1CNCCC1(Nc1ccc(Cl)cc1)C(N)=O. The molecule has 2 unspecified atom stereocenters. The molecule has 0 aromatic heterocycles. The Morgan fingerprint density at radius 2 is 2.17 bits per heavy atom. The fourth-order valence-corrected chi connectivity index (χ4v) is 2.55. The summed E-state index contributed by atoms with van der Waals surface area (Å²) in [6.45, 7) is 3.59. The third-order valence-corrected chi connectivity index (χ3v) is 3.89.